The molecule has 0 aliphatic rings. The summed E-state index contributed by atoms with van der Waals surface area (Å²) >= 11 is 0.820. The lowest BCUT2D eigenvalue weighted by molar-refractivity contribution is -0.147. The minimum absolute atomic E-state index is 0.0467. The van der Waals surface area contributed by atoms with E-state index in [2.05, 4.69) is 20.2 Å². The molecule has 8 nitrogen and oxygen atoms in total. The number of hydrogen-bond acceptors (Lipinski definition) is 6. The van der Waals surface area contributed by atoms with Crippen LogP contribution < -0.4 is 10.0 Å². The molecule has 1 amide bonds. The Morgan fingerprint density at radius 3 is 2.21 bits per heavy atom. The summed E-state index contributed by atoms with van der Waals surface area (Å²) in [5.74, 6) is -1.64. The van der Waals surface area contributed by atoms with Crippen molar-refractivity contribution in [2.24, 2.45) is 7.05 Å². The summed E-state index contributed by atoms with van der Waals surface area (Å²) in [7, 11) is -2.49. The van der Waals surface area contributed by atoms with Crippen molar-refractivity contribution in [2.45, 2.75) is 48.3 Å². The molecule has 0 unspecified atom stereocenters. The van der Waals surface area contributed by atoms with Gasteiger partial charge >= 0.3 is 6.18 Å². The van der Waals surface area contributed by atoms with E-state index in [1.807, 2.05) is 0 Å². The van der Waals surface area contributed by atoms with Crippen LogP contribution in [0.4, 0.5) is 18.9 Å². The van der Waals surface area contributed by atoms with Crippen LogP contribution in [0.1, 0.15) is 26.6 Å². The maximum atomic E-state index is 12.8. The van der Waals surface area contributed by atoms with E-state index >= 15 is 0 Å². The highest BCUT2D eigenvalue weighted by molar-refractivity contribution is 8.00. The van der Waals surface area contributed by atoms with Gasteiger partial charge in [0.2, 0.25) is 21.8 Å². The van der Waals surface area contributed by atoms with Crippen LogP contribution >= 0.6 is 11.8 Å². The molecule has 2 N–H and O–H groups in total. The lowest BCUT2D eigenvalue weighted by atomic mass is 10.3. The zero-order chi connectivity index (χ0) is 22.0. The average Bonchev–Trinajstić information content (AvgIpc) is 2.95. The normalized spacial score (nSPS) is 13.5. The van der Waals surface area contributed by atoms with Gasteiger partial charge in [-0.05, 0) is 45.0 Å². The number of nitrogens with zero attached hydrogens (tertiary/aromatic N) is 3. The van der Waals surface area contributed by atoms with Gasteiger partial charge in [0.1, 0.15) is 0 Å². The van der Waals surface area contributed by atoms with Gasteiger partial charge in [0.05, 0.1) is 10.1 Å². The second kappa shape index (κ2) is 8.71. The molecule has 0 saturated carbocycles. The Bertz CT molecular complexity index is 973. The van der Waals surface area contributed by atoms with Crippen molar-refractivity contribution >= 4 is 33.4 Å². The second-order valence-electron chi connectivity index (χ2n) is 6.41. The number of hydrogen-bond donors (Lipinski definition) is 2. The maximum absolute atomic E-state index is 12.8. The Morgan fingerprint density at radius 2 is 1.72 bits per heavy atom. The highest BCUT2D eigenvalue weighted by atomic mass is 32.2. The molecule has 29 heavy (non-hydrogen) atoms. The van der Waals surface area contributed by atoms with Gasteiger partial charge in [0.15, 0.2) is 5.16 Å². The van der Waals surface area contributed by atoms with Crippen LogP contribution in [0.15, 0.2) is 34.3 Å². The van der Waals surface area contributed by atoms with E-state index in [1.54, 1.807) is 13.8 Å². The fourth-order valence-corrected chi connectivity index (χ4v) is 4.28. The molecule has 160 valence electrons. The number of sulfonamides is 1. The second-order valence-corrected chi connectivity index (χ2v) is 9.43. The highest BCUT2D eigenvalue weighted by Crippen LogP contribution is 2.31. The molecule has 0 saturated heterocycles. The van der Waals surface area contributed by atoms with Crippen molar-refractivity contribution in [1.82, 2.24) is 19.5 Å². The van der Waals surface area contributed by atoms with Gasteiger partial charge in [-0.3, -0.25) is 4.79 Å². The number of amides is 1. The Labute approximate surface area is 170 Å². The maximum Gasteiger partial charge on any atom is 0.451 e. The van der Waals surface area contributed by atoms with Crippen molar-refractivity contribution in [1.29, 1.82) is 0 Å². The van der Waals surface area contributed by atoms with Crippen molar-refractivity contribution in [3.05, 3.63) is 30.1 Å². The molecule has 0 spiro atoms. The number of anilines is 1. The highest BCUT2D eigenvalue weighted by Gasteiger charge is 2.37. The number of thioether (sulfide) groups is 1. The van der Waals surface area contributed by atoms with E-state index in [9.17, 15) is 26.4 Å². The number of halogens is 3. The minimum Gasteiger partial charge on any atom is -0.325 e. The van der Waals surface area contributed by atoms with E-state index in [0.717, 1.165) is 16.3 Å². The van der Waals surface area contributed by atoms with Crippen LogP contribution in [-0.4, -0.2) is 40.4 Å². The largest absolute Gasteiger partial charge is 0.451 e. The molecular formula is C16H20F3N5O3S2. The number of alkyl halides is 3. The molecule has 2 aromatic rings. The third-order valence-corrected chi connectivity index (χ3v) is 6.37. The van der Waals surface area contributed by atoms with E-state index < -0.39 is 33.2 Å². The monoisotopic (exact) mass is 451 g/mol. The molecule has 2 rings (SSSR count). The van der Waals surface area contributed by atoms with Gasteiger partial charge in [0.25, 0.3) is 0 Å². The molecule has 1 aromatic carbocycles. The fraction of sp³-hybridized carbons (Fsp3) is 0.438. The molecule has 0 fully saturated rings. The minimum atomic E-state index is -4.64. The predicted molar refractivity (Wildman–Crippen MR) is 102 cm³/mol. The van der Waals surface area contributed by atoms with E-state index in [4.69, 9.17) is 0 Å². The summed E-state index contributed by atoms with van der Waals surface area (Å²) in [5.41, 5.74) is 0.347. The summed E-state index contributed by atoms with van der Waals surface area (Å²) in [6.07, 6.45) is -4.64. The number of nitrogens with one attached hydrogen (secondary N) is 2. The molecule has 1 aromatic heterocycles. The lowest BCUT2D eigenvalue weighted by Gasteiger charge is -2.13. The lowest BCUT2D eigenvalue weighted by Crippen LogP contribution is -2.30. The summed E-state index contributed by atoms with van der Waals surface area (Å²) in [4.78, 5) is 12.4. The zero-order valence-electron chi connectivity index (χ0n) is 16.0. The quantitative estimate of drug-likeness (QED) is 0.627. The van der Waals surface area contributed by atoms with Crippen molar-refractivity contribution in [3.8, 4) is 0 Å². The molecule has 13 heteroatoms. The van der Waals surface area contributed by atoms with Crippen molar-refractivity contribution in [2.75, 3.05) is 5.32 Å². The topological polar surface area (TPSA) is 106 Å². The number of rotatable bonds is 7. The van der Waals surface area contributed by atoms with Crippen LogP contribution in [0.3, 0.4) is 0 Å². The van der Waals surface area contributed by atoms with Gasteiger partial charge in [-0.15, -0.1) is 10.2 Å². The number of benzene rings is 1. The van der Waals surface area contributed by atoms with Gasteiger partial charge in [-0.25, -0.2) is 13.1 Å². The van der Waals surface area contributed by atoms with Crippen LogP contribution in [0.25, 0.3) is 0 Å². The first-order chi connectivity index (χ1) is 13.3. The molecule has 0 aliphatic carbocycles. The third-order valence-electron chi connectivity index (χ3n) is 3.56. The Balaban J connectivity index is 2.04. The van der Waals surface area contributed by atoms with E-state index in [1.165, 1.54) is 38.2 Å². The van der Waals surface area contributed by atoms with Gasteiger partial charge in [-0.2, -0.15) is 13.2 Å². The number of aromatic nitrogens is 3. The van der Waals surface area contributed by atoms with Crippen LogP contribution in [0.2, 0.25) is 0 Å². The Morgan fingerprint density at radius 1 is 1.14 bits per heavy atom. The van der Waals surface area contributed by atoms with Crippen molar-refractivity contribution < 1.29 is 26.4 Å². The standard InChI is InChI=1S/C16H20F3N5O3S2/c1-9(2)23-29(26,27)12-7-5-11(6-8-12)20-13(25)10(3)28-15-22-21-14(24(15)4)16(17,18)19/h5-10,23H,1-4H3,(H,20,25)/t10-/m1/s1. The van der Waals surface area contributed by atoms with Gasteiger partial charge < -0.3 is 9.88 Å². The average molecular weight is 451 g/mol. The summed E-state index contributed by atoms with van der Waals surface area (Å²) in [5, 5.41) is 8.34. The molecular weight excluding hydrogens is 431 g/mol. The fourth-order valence-electron chi connectivity index (χ4n) is 2.22. The smallest absolute Gasteiger partial charge is 0.325 e. The SMILES string of the molecule is CC(C)NS(=O)(=O)c1ccc(NC(=O)[C@@H](C)Sc2nnc(C(F)(F)F)n2C)cc1. The first kappa shape index (κ1) is 23.2. The van der Waals surface area contributed by atoms with Gasteiger partial charge in [0, 0.05) is 18.8 Å². The predicted octanol–water partition coefficient (Wildman–Crippen LogP) is 2.64. The van der Waals surface area contributed by atoms with E-state index in [-0.39, 0.29) is 16.1 Å². The first-order valence-corrected chi connectivity index (χ1v) is 10.7. The molecule has 0 aliphatic heterocycles. The number of carbonyl (C=O) groups is 1. The zero-order valence-corrected chi connectivity index (χ0v) is 17.6. The van der Waals surface area contributed by atoms with E-state index in [0.29, 0.717) is 5.69 Å². The van der Waals surface area contributed by atoms with Gasteiger partial charge in [-0.1, -0.05) is 11.8 Å². The van der Waals surface area contributed by atoms with Crippen LogP contribution in [0.5, 0.6) is 0 Å². The van der Waals surface area contributed by atoms with Crippen LogP contribution in [-0.2, 0) is 28.0 Å². The molecule has 0 bridgehead atoms. The molecule has 1 heterocycles. The molecule has 0 radical (unpaired) electrons. The first-order valence-electron chi connectivity index (χ1n) is 8.37. The molecule has 1 atom stereocenters. The Kier molecular flexibility index (Phi) is 6.96. The van der Waals surface area contributed by atoms with Crippen LogP contribution in [0, 0.1) is 0 Å². The Hall–Kier alpha value is -2.12. The summed E-state index contributed by atoms with van der Waals surface area (Å²) in [6, 6.07) is 5.27. The summed E-state index contributed by atoms with van der Waals surface area (Å²) < 4.78 is 65.7. The number of carbonyl (C=O) groups excluding carboxylic acids is 1. The summed E-state index contributed by atoms with van der Waals surface area (Å²) in [6.45, 7) is 4.90. The van der Waals surface area contributed by atoms with Crippen molar-refractivity contribution in [3.63, 3.8) is 0 Å². The third kappa shape index (κ3) is 5.93.